The molecule has 0 saturated carbocycles. The van der Waals surface area contributed by atoms with Gasteiger partial charge in [-0.2, -0.15) is 0 Å². The average molecular weight is 368 g/mol. The number of pyridine rings is 1. The maximum Gasteiger partial charge on any atom is 0.267 e. The van der Waals surface area contributed by atoms with Crippen molar-refractivity contribution in [2.75, 3.05) is 4.72 Å². The highest BCUT2D eigenvalue weighted by molar-refractivity contribution is 7.92. The van der Waals surface area contributed by atoms with Crippen LogP contribution in [-0.4, -0.2) is 23.0 Å². The fraction of sp³-hybridized carbons (Fsp3) is 0.111. The van der Waals surface area contributed by atoms with Crippen LogP contribution in [0.4, 0.5) is 5.69 Å². The third-order valence-electron chi connectivity index (χ3n) is 4.01. The maximum atomic E-state index is 12.7. The van der Waals surface area contributed by atoms with Gasteiger partial charge in [0.15, 0.2) is 10.7 Å². The Morgan fingerprint density at radius 2 is 1.96 bits per heavy atom. The van der Waals surface area contributed by atoms with Gasteiger partial charge in [0.2, 0.25) is 0 Å². The van der Waals surface area contributed by atoms with Crippen LogP contribution in [-0.2, 0) is 10.0 Å². The SMILES string of the molecule is Cc1noc(C)c1S(=O)(=O)Nc1cccc(-c2cn3ccccc3n2)c1. The quantitative estimate of drug-likeness (QED) is 0.596. The molecule has 3 heterocycles. The van der Waals surface area contributed by atoms with Gasteiger partial charge in [0.05, 0.1) is 5.69 Å². The fourth-order valence-electron chi connectivity index (χ4n) is 2.88. The zero-order valence-electron chi connectivity index (χ0n) is 14.2. The van der Waals surface area contributed by atoms with Crippen LogP contribution in [0.3, 0.4) is 0 Å². The number of aromatic nitrogens is 3. The van der Waals surface area contributed by atoms with Crippen LogP contribution < -0.4 is 4.72 Å². The number of anilines is 1. The second kappa shape index (κ2) is 5.99. The van der Waals surface area contributed by atoms with Crippen molar-refractivity contribution < 1.29 is 12.9 Å². The summed E-state index contributed by atoms with van der Waals surface area (Å²) in [6, 6.07) is 12.9. The third-order valence-corrected chi connectivity index (χ3v) is 5.64. The van der Waals surface area contributed by atoms with Crippen molar-refractivity contribution in [1.29, 1.82) is 0 Å². The van der Waals surface area contributed by atoms with E-state index in [0.717, 1.165) is 16.9 Å². The number of nitrogens with one attached hydrogen (secondary N) is 1. The first kappa shape index (κ1) is 16.3. The second-order valence-electron chi connectivity index (χ2n) is 5.93. The molecule has 0 aliphatic rings. The van der Waals surface area contributed by atoms with E-state index in [0.29, 0.717) is 11.4 Å². The molecule has 0 bridgehead atoms. The second-order valence-corrected chi connectivity index (χ2v) is 7.55. The number of aryl methyl sites for hydroxylation is 2. The summed E-state index contributed by atoms with van der Waals surface area (Å²) >= 11 is 0. The molecule has 0 radical (unpaired) electrons. The molecule has 0 unspecified atom stereocenters. The number of sulfonamides is 1. The van der Waals surface area contributed by atoms with Gasteiger partial charge in [-0.3, -0.25) is 4.72 Å². The first-order chi connectivity index (χ1) is 12.4. The first-order valence-electron chi connectivity index (χ1n) is 7.94. The van der Waals surface area contributed by atoms with Gasteiger partial charge in [0.1, 0.15) is 11.3 Å². The maximum absolute atomic E-state index is 12.7. The van der Waals surface area contributed by atoms with Crippen molar-refractivity contribution >= 4 is 21.4 Å². The minimum absolute atomic E-state index is 0.0654. The molecular formula is C18H16N4O3S. The Morgan fingerprint density at radius 3 is 2.69 bits per heavy atom. The molecule has 3 aromatic heterocycles. The standard InChI is InChI=1S/C18H16N4O3S/c1-12-18(13(2)25-20-12)26(23,24)21-15-7-5-6-14(10-15)16-11-22-9-4-3-8-17(22)19-16/h3-11,21H,1-2H3. The molecule has 0 aliphatic carbocycles. The Morgan fingerprint density at radius 1 is 1.12 bits per heavy atom. The molecule has 0 atom stereocenters. The van der Waals surface area contributed by atoms with E-state index in [-0.39, 0.29) is 10.7 Å². The summed E-state index contributed by atoms with van der Waals surface area (Å²) in [7, 11) is -3.79. The molecule has 0 saturated heterocycles. The lowest BCUT2D eigenvalue weighted by Crippen LogP contribution is -2.14. The Kier molecular flexibility index (Phi) is 3.77. The van der Waals surface area contributed by atoms with Crippen molar-refractivity contribution in [3.63, 3.8) is 0 Å². The number of imidazole rings is 1. The van der Waals surface area contributed by atoms with Gasteiger partial charge in [-0.05, 0) is 38.1 Å². The van der Waals surface area contributed by atoms with Crippen LogP contribution in [0.2, 0.25) is 0 Å². The molecule has 0 spiro atoms. The minimum atomic E-state index is -3.79. The molecule has 0 amide bonds. The van der Waals surface area contributed by atoms with E-state index in [4.69, 9.17) is 4.52 Å². The van der Waals surface area contributed by atoms with E-state index in [9.17, 15) is 8.42 Å². The highest BCUT2D eigenvalue weighted by Crippen LogP contribution is 2.26. The molecular weight excluding hydrogens is 352 g/mol. The number of rotatable bonds is 4. The van der Waals surface area contributed by atoms with Gasteiger partial charge in [-0.1, -0.05) is 23.4 Å². The lowest BCUT2D eigenvalue weighted by molar-refractivity contribution is 0.390. The summed E-state index contributed by atoms with van der Waals surface area (Å²) in [5.74, 6) is 0.256. The molecule has 132 valence electrons. The molecule has 0 aliphatic heterocycles. The lowest BCUT2D eigenvalue weighted by Gasteiger charge is -2.08. The Labute approximate surface area is 150 Å². The molecule has 1 aromatic carbocycles. The largest absolute Gasteiger partial charge is 0.360 e. The average Bonchev–Trinajstić information content (AvgIpc) is 3.18. The topological polar surface area (TPSA) is 89.5 Å². The van der Waals surface area contributed by atoms with Gasteiger partial charge < -0.3 is 8.92 Å². The summed E-state index contributed by atoms with van der Waals surface area (Å²) in [5.41, 5.74) is 3.16. The lowest BCUT2D eigenvalue weighted by atomic mass is 10.1. The van der Waals surface area contributed by atoms with Crippen molar-refractivity contribution in [2.24, 2.45) is 0 Å². The monoisotopic (exact) mass is 368 g/mol. The van der Waals surface area contributed by atoms with E-state index in [2.05, 4.69) is 14.9 Å². The fourth-order valence-corrected chi connectivity index (χ4v) is 4.26. The molecule has 26 heavy (non-hydrogen) atoms. The Hall–Kier alpha value is -3.13. The molecule has 8 heteroatoms. The van der Waals surface area contributed by atoms with Crippen LogP contribution in [0.15, 0.2) is 64.3 Å². The summed E-state index contributed by atoms with van der Waals surface area (Å²) in [5, 5.41) is 3.71. The van der Waals surface area contributed by atoms with E-state index in [1.165, 1.54) is 0 Å². The number of hydrogen-bond acceptors (Lipinski definition) is 5. The smallest absolute Gasteiger partial charge is 0.267 e. The highest BCUT2D eigenvalue weighted by Gasteiger charge is 2.24. The summed E-state index contributed by atoms with van der Waals surface area (Å²) in [4.78, 5) is 4.62. The molecule has 4 aromatic rings. The zero-order chi connectivity index (χ0) is 18.3. The van der Waals surface area contributed by atoms with Gasteiger partial charge in [-0.15, -0.1) is 0 Å². The molecule has 1 N–H and O–H groups in total. The van der Waals surface area contributed by atoms with Crippen LogP contribution in [0.1, 0.15) is 11.5 Å². The van der Waals surface area contributed by atoms with E-state index >= 15 is 0 Å². The summed E-state index contributed by atoms with van der Waals surface area (Å²) < 4.78 is 34.8. The van der Waals surface area contributed by atoms with Crippen molar-refractivity contribution in [3.05, 3.63) is 66.3 Å². The van der Waals surface area contributed by atoms with Gasteiger partial charge in [-0.25, -0.2) is 13.4 Å². The first-order valence-corrected chi connectivity index (χ1v) is 9.42. The van der Waals surface area contributed by atoms with E-state index in [1.54, 1.807) is 32.0 Å². The van der Waals surface area contributed by atoms with Crippen LogP contribution in [0.5, 0.6) is 0 Å². The predicted octanol–water partition coefficient (Wildman–Crippen LogP) is 3.41. The van der Waals surface area contributed by atoms with Gasteiger partial charge in [0.25, 0.3) is 10.0 Å². The molecule has 4 rings (SSSR count). The predicted molar refractivity (Wildman–Crippen MR) is 97.4 cm³/mol. The van der Waals surface area contributed by atoms with Crippen molar-refractivity contribution in [3.8, 4) is 11.3 Å². The normalized spacial score (nSPS) is 11.8. The van der Waals surface area contributed by atoms with Crippen LogP contribution in [0.25, 0.3) is 16.9 Å². The summed E-state index contributed by atoms with van der Waals surface area (Å²) in [6.45, 7) is 3.17. The Balaban J connectivity index is 1.70. The van der Waals surface area contributed by atoms with Crippen LogP contribution >= 0.6 is 0 Å². The third kappa shape index (κ3) is 2.84. The number of hydrogen-bond donors (Lipinski definition) is 1. The van der Waals surface area contributed by atoms with Crippen molar-refractivity contribution in [1.82, 2.24) is 14.5 Å². The highest BCUT2D eigenvalue weighted by atomic mass is 32.2. The molecule has 0 fully saturated rings. The number of fused-ring (bicyclic) bond motifs is 1. The van der Waals surface area contributed by atoms with E-state index in [1.807, 2.05) is 41.1 Å². The molecule has 7 nitrogen and oxygen atoms in total. The van der Waals surface area contributed by atoms with Crippen molar-refractivity contribution in [2.45, 2.75) is 18.7 Å². The van der Waals surface area contributed by atoms with E-state index < -0.39 is 10.0 Å². The zero-order valence-corrected chi connectivity index (χ0v) is 15.0. The Bertz CT molecular complexity index is 1160. The van der Waals surface area contributed by atoms with Crippen LogP contribution in [0, 0.1) is 13.8 Å². The van der Waals surface area contributed by atoms with Gasteiger partial charge in [0, 0.05) is 23.6 Å². The minimum Gasteiger partial charge on any atom is -0.360 e. The van der Waals surface area contributed by atoms with Gasteiger partial charge >= 0.3 is 0 Å². The summed E-state index contributed by atoms with van der Waals surface area (Å²) in [6.07, 6.45) is 3.81. The number of benzene rings is 1. The number of nitrogens with zero attached hydrogens (tertiary/aromatic N) is 3.